The summed E-state index contributed by atoms with van der Waals surface area (Å²) < 4.78 is 5.71. The summed E-state index contributed by atoms with van der Waals surface area (Å²) in [6.45, 7) is 3.65. The molecule has 2 amide bonds. The summed E-state index contributed by atoms with van der Waals surface area (Å²) in [5.41, 5.74) is 6.93. The molecule has 2 heterocycles. The molecule has 168 valence electrons. The number of para-hydroxylation sites is 3. The number of benzene rings is 2. The summed E-state index contributed by atoms with van der Waals surface area (Å²) in [4.78, 5) is 45.4. The maximum Gasteiger partial charge on any atom is 0.302 e. The Hall–Kier alpha value is -3.96. The van der Waals surface area contributed by atoms with Gasteiger partial charge in [-0.3, -0.25) is 25.2 Å². The molecule has 1 saturated heterocycles. The topological polar surface area (TPSA) is 143 Å². The molecule has 3 aromatic rings. The van der Waals surface area contributed by atoms with Crippen LogP contribution in [0.2, 0.25) is 0 Å². The smallest absolute Gasteiger partial charge is 0.302 e. The fourth-order valence-electron chi connectivity index (χ4n) is 3.71. The minimum atomic E-state index is -1.45. The molecule has 1 aliphatic rings. The van der Waals surface area contributed by atoms with E-state index in [2.05, 4.69) is 20.9 Å². The Morgan fingerprint density at radius 1 is 1.18 bits per heavy atom. The zero-order valence-electron chi connectivity index (χ0n) is 17.8. The van der Waals surface area contributed by atoms with Crippen LogP contribution in [0.3, 0.4) is 0 Å². The molecule has 0 saturated carbocycles. The number of imide groups is 1. The fourth-order valence-corrected chi connectivity index (χ4v) is 3.76. The molecule has 11 heteroatoms. The number of nitrogens with two attached hydrogens (primary N) is 1. The van der Waals surface area contributed by atoms with E-state index >= 15 is 0 Å². The Morgan fingerprint density at radius 2 is 1.94 bits per heavy atom. The molecule has 1 fully saturated rings. The van der Waals surface area contributed by atoms with Crippen molar-refractivity contribution in [3.05, 3.63) is 59.5 Å². The molecule has 33 heavy (non-hydrogen) atoms. The third-order valence-corrected chi connectivity index (χ3v) is 5.47. The van der Waals surface area contributed by atoms with Crippen LogP contribution in [0.4, 0.5) is 5.69 Å². The highest BCUT2D eigenvalue weighted by Gasteiger charge is 2.50. The molecular formula is C22H20N6O4S. The maximum atomic E-state index is 13.6. The van der Waals surface area contributed by atoms with E-state index in [1.54, 1.807) is 43.3 Å². The van der Waals surface area contributed by atoms with Crippen LogP contribution >= 0.6 is 12.2 Å². The molecule has 0 bridgehead atoms. The van der Waals surface area contributed by atoms with E-state index in [9.17, 15) is 14.4 Å². The number of hydrazine groups is 1. The number of hydrogen-bond donors (Lipinski definition) is 3. The number of hydrazone groups is 1. The second-order valence-electron chi connectivity index (χ2n) is 7.28. The Morgan fingerprint density at radius 3 is 2.64 bits per heavy atom. The zero-order chi connectivity index (χ0) is 23.7. The van der Waals surface area contributed by atoms with E-state index in [0.717, 1.165) is 10.5 Å². The first kappa shape index (κ1) is 22.2. The van der Waals surface area contributed by atoms with Gasteiger partial charge in [0.15, 0.2) is 11.5 Å². The molecule has 0 aliphatic carbocycles. The second kappa shape index (κ2) is 8.88. The molecule has 10 nitrogen and oxygen atoms in total. The first-order chi connectivity index (χ1) is 15.9. The minimum absolute atomic E-state index is 0.0901. The van der Waals surface area contributed by atoms with Gasteiger partial charge in [0.25, 0.3) is 5.91 Å². The van der Waals surface area contributed by atoms with Gasteiger partial charge in [-0.15, -0.1) is 0 Å². The molecule has 1 aliphatic heterocycles. The quantitative estimate of drug-likeness (QED) is 0.172. The average Bonchev–Trinajstić information content (AvgIpc) is 3.24. The first-order valence-corrected chi connectivity index (χ1v) is 10.5. The number of carbonyl (C=O) groups is 3. The van der Waals surface area contributed by atoms with E-state index in [-0.39, 0.29) is 16.7 Å². The second-order valence-corrected chi connectivity index (χ2v) is 7.69. The fraction of sp³-hybridized carbons (Fsp3) is 0.182. The SMILES string of the molecule is CCc1cccc(C)c1N1C(=O)C(=O)[C@@H](c2nc3ccccc3o2)/C(=N\NC(=S)NN)C1=O. The predicted octanol–water partition coefficient (Wildman–Crippen LogP) is 1.62. The monoisotopic (exact) mass is 464 g/mol. The van der Waals surface area contributed by atoms with Gasteiger partial charge in [-0.05, 0) is 48.8 Å². The standard InChI is InChI=1S/C22H20N6O4S/c1-3-12-8-6-7-11(2)17(12)28-20(30)16(26-27-22(33)25-23)15(18(29)21(28)31)19-24-13-9-4-5-10-14(13)32-19/h4-10,15H,3,23H2,1-2H3,(H2,25,27,33)/b26-16+/t15-/m0/s1. The Labute approximate surface area is 193 Å². The third-order valence-electron chi connectivity index (χ3n) is 5.26. The highest BCUT2D eigenvalue weighted by Crippen LogP contribution is 2.33. The summed E-state index contributed by atoms with van der Waals surface area (Å²) in [5, 5.41) is 3.94. The summed E-state index contributed by atoms with van der Waals surface area (Å²) in [6.07, 6.45) is 0.544. The van der Waals surface area contributed by atoms with Crippen molar-refractivity contribution in [3.8, 4) is 0 Å². The summed E-state index contributed by atoms with van der Waals surface area (Å²) >= 11 is 4.94. The number of amides is 2. The Bertz CT molecular complexity index is 1300. The van der Waals surface area contributed by atoms with Crippen LogP contribution in [0.1, 0.15) is 29.9 Å². The summed E-state index contributed by atoms with van der Waals surface area (Å²) in [7, 11) is 0. The number of aromatic nitrogens is 1. The molecule has 1 atom stereocenters. The van der Waals surface area contributed by atoms with E-state index in [0.29, 0.717) is 28.8 Å². The van der Waals surface area contributed by atoms with Crippen molar-refractivity contribution in [2.24, 2.45) is 10.9 Å². The van der Waals surface area contributed by atoms with Gasteiger partial charge < -0.3 is 4.42 Å². The van der Waals surface area contributed by atoms with Crippen LogP contribution in [-0.2, 0) is 20.8 Å². The molecule has 0 spiro atoms. The molecule has 1 aromatic heterocycles. The molecule has 0 radical (unpaired) electrons. The van der Waals surface area contributed by atoms with Crippen LogP contribution in [0.25, 0.3) is 11.1 Å². The number of hydrogen-bond acceptors (Lipinski definition) is 8. The number of piperidine rings is 1. The van der Waals surface area contributed by atoms with Crippen molar-refractivity contribution in [1.29, 1.82) is 0 Å². The van der Waals surface area contributed by atoms with Gasteiger partial charge in [-0.25, -0.2) is 15.7 Å². The largest absolute Gasteiger partial charge is 0.439 e. The van der Waals surface area contributed by atoms with Crippen molar-refractivity contribution in [1.82, 2.24) is 15.8 Å². The molecule has 4 rings (SSSR count). The van der Waals surface area contributed by atoms with Gasteiger partial charge in [-0.2, -0.15) is 5.10 Å². The first-order valence-electron chi connectivity index (χ1n) is 10.1. The van der Waals surface area contributed by atoms with Crippen molar-refractivity contribution >= 4 is 57.4 Å². The van der Waals surface area contributed by atoms with Gasteiger partial charge in [0.1, 0.15) is 11.2 Å². The number of anilines is 1. The summed E-state index contributed by atoms with van der Waals surface area (Å²) in [5.74, 6) is 1.03. The molecule has 4 N–H and O–H groups in total. The van der Waals surface area contributed by atoms with Gasteiger partial charge in [0.05, 0.1) is 5.69 Å². The zero-order valence-corrected chi connectivity index (χ0v) is 18.6. The van der Waals surface area contributed by atoms with Crippen molar-refractivity contribution in [2.75, 3.05) is 4.90 Å². The minimum Gasteiger partial charge on any atom is -0.439 e. The average molecular weight is 465 g/mol. The van der Waals surface area contributed by atoms with Crippen molar-refractivity contribution in [2.45, 2.75) is 26.2 Å². The van der Waals surface area contributed by atoms with Crippen LogP contribution < -0.4 is 21.6 Å². The maximum absolute atomic E-state index is 13.6. The number of nitrogens with one attached hydrogen (secondary N) is 2. The Kier molecular flexibility index (Phi) is 5.99. The van der Waals surface area contributed by atoms with E-state index < -0.39 is 23.5 Å². The highest BCUT2D eigenvalue weighted by molar-refractivity contribution is 7.80. The molecule has 2 aromatic carbocycles. The lowest BCUT2D eigenvalue weighted by molar-refractivity contribution is -0.139. The van der Waals surface area contributed by atoms with Crippen LogP contribution in [0.15, 0.2) is 52.0 Å². The number of oxazole rings is 1. The number of rotatable bonds is 4. The van der Waals surface area contributed by atoms with E-state index in [1.807, 2.05) is 13.0 Å². The molecular weight excluding hydrogens is 444 g/mol. The third kappa shape index (κ3) is 3.88. The number of carbonyl (C=O) groups excluding carboxylic acids is 3. The van der Waals surface area contributed by atoms with E-state index in [4.69, 9.17) is 22.5 Å². The van der Waals surface area contributed by atoms with Gasteiger partial charge in [-0.1, -0.05) is 37.3 Å². The lowest BCUT2D eigenvalue weighted by atomic mass is 9.90. The lowest BCUT2D eigenvalue weighted by Gasteiger charge is -2.31. The van der Waals surface area contributed by atoms with Crippen molar-refractivity contribution < 1.29 is 18.8 Å². The van der Waals surface area contributed by atoms with Gasteiger partial charge in [0.2, 0.25) is 16.8 Å². The van der Waals surface area contributed by atoms with Crippen LogP contribution in [0.5, 0.6) is 0 Å². The van der Waals surface area contributed by atoms with Crippen LogP contribution in [0, 0.1) is 6.92 Å². The van der Waals surface area contributed by atoms with Crippen molar-refractivity contribution in [3.63, 3.8) is 0 Å². The lowest BCUT2D eigenvalue weighted by Crippen LogP contribution is -2.56. The summed E-state index contributed by atoms with van der Waals surface area (Å²) in [6, 6.07) is 12.2. The molecule has 0 unspecified atom stereocenters. The highest BCUT2D eigenvalue weighted by atomic mass is 32.1. The number of ketones is 1. The normalized spacial score (nSPS) is 17.7. The van der Waals surface area contributed by atoms with Gasteiger partial charge in [0, 0.05) is 0 Å². The van der Waals surface area contributed by atoms with E-state index in [1.165, 1.54) is 0 Å². The predicted molar refractivity (Wildman–Crippen MR) is 125 cm³/mol. The number of fused-ring (bicyclic) bond motifs is 1. The van der Waals surface area contributed by atoms with Gasteiger partial charge >= 0.3 is 5.91 Å². The number of aryl methyl sites for hydroxylation is 2. The number of nitrogens with zero attached hydrogens (tertiary/aromatic N) is 3. The number of thiocarbonyl (C=S) groups is 1. The Balaban J connectivity index is 1.88. The van der Waals surface area contributed by atoms with Crippen LogP contribution in [-0.4, -0.2) is 33.4 Å². The number of Topliss-reactive ketones (excluding diaryl/α,β-unsaturated/α-hetero) is 1.